The second-order valence-electron chi connectivity index (χ2n) is 7.88. The first kappa shape index (κ1) is 18.1. The van der Waals surface area contributed by atoms with E-state index in [0.29, 0.717) is 18.7 Å². The smallest absolute Gasteiger partial charge is 0.350 e. The Balaban J connectivity index is 1.29. The average Bonchev–Trinajstić information content (AvgIpc) is 3.11. The molecule has 152 valence electrons. The molecule has 2 aliphatic rings. The molecule has 1 aliphatic carbocycles. The number of benzene rings is 1. The van der Waals surface area contributed by atoms with Crippen LogP contribution in [0.15, 0.2) is 36.5 Å². The van der Waals surface area contributed by atoms with Gasteiger partial charge in [0.05, 0.1) is 22.9 Å². The molecule has 2 aromatic heterocycles. The Morgan fingerprint density at radius 2 is 1.90 bits per heavy atom. The highest BCUT2D eigenvalue weighted by atomic mass is 19.4. The molecule has 1 aliphatic heterocycles. The van der Waals surface area contributed by atoms with Gasteiger partial charge in [-0.2, -0.15) is 18.3 Å². The quantitative estimate of drug-likeness (QED) is 0.705. The summed E-state index contributed by atoms with van der Waals surface area (Å²) in [5.41, 5.74) is 0.590. The summed E-state index contributed by atoms with van der Waals surface area (Å²) in [5.74, 6) is 0.859. The van der Waals surface area contributed by atoms with Gasteiger partial charge in [0.1, 0.15) is 5.65 Å². The highest BCUT2D eigenvalue weighted by Crippen LogP contribution is 2.45. The largest absolute Gasteiger partial charge is 0.416 e. The fourth-order valence-electron chi connectivity index (χ4n) is 4.26. The summed E-state index contributed by atoms with van der Waals surface area (Å²) in [5, 5.41) is 8.43. The third kappa shape index (κ3) is 3.14. The Kier molecular flexibility index (Phi) is 3.91. The van der Waals surface area contributed by atoms with Gasteiger partial charge in [-0.15, -0.1) is 0 Å². The average molecular weight is 403 g/mol. The molecule has 0 bridgehead atoms. The lowest BCUT2D eigenvalue weighted by molar-refractivity contribution is -0.137. The second-order valence-corrected chi connectivity index (χ2v) is 7.88. The number of nitrogens with zero attached hydrogens (tertiary/aromatic N) is 3. The van der Waals surface area contributed by atoms with Gasteiger partial charge in [0, 0.05) is 25.8 Å². The van der Waals surface area contributed by atoms with Crippen LogP contribution in [0.1, 0.15) is 24.0 Å². The molecule has 6 nitrogen and oxygen atoms in total. The number of hydrogen-bond acceptors (Lipinski definition) is 3. The van der Waals surface area contributed by atoms with Crippen molar-refractivity contribution in [3.63, 3.8) is 0 Å². The van der Waals surface area contributed by atoms with Gasteiger partial charge in [-0.25, -0.2) is 0 Å². The van der Waals surface area contributed by atoms with Crippen molar-refractivity contribution in [3.05, 3.63) is 47.7 Å². The zero-order chi connectivity index (χ0) is 20.2. The van der Waals surface area contributed by atoms with Crippen molar-refractivity contribution in [1.82, 2.24) is 20.1 Å². The maximum absolute atomic E-state index is 12.9. The summed E-state index contributed by atoms with van der Waals surface area (Å²) in [6, 6.07) is 6.84. The van der Waals surface area contributed by atoms with Crippen LogP contribution in [0.25, 0.3) is 11.0 Å². The number of aromatic nitrogens is 3. The summed E-state index contributed by atoms with van der Waals surface area (Å²) in [6.45, 7) is 1.97. The molecule has 1 amide bonds. The minimum absolute atomic E-state index is 0.0317. The van der Waals surface area contributed by atoms with Gasteiger partial charge >= 0.3 is 6.18 Å². The molecule has 1 spiro atoms. The molecule has 5 rings (SSSR count). The third-order valence-corrected chi connectivity index (χ3v) is 5.98. The van der Waals surface area contributed by atoms with Crippen molar-refractivity contribution in [2.24, 2.45) is 0 Å². The van der Waals surface area contributed by atoms with Gasteiger partial charge in [-0.05, 0) is 36.6 Å². The van der Waals surface area contributed by atoms with E-state index in [2.05, 4.69) is 20.1 Å². The first-order valence-corrected chi connectivity index (χ1v) is 9.59. The van der Waals surface area contributed by atoms with Crippen molar-refractivity contribution in [2.75, 3.05) is 24.5 Å². The topological polar surface area (TPSA) is 68.0 Å². The number of alkyl halides is 3. The zero-order valence-electron chi connectivity index (χ0n) is 15.6. The molecule has 2 N–H and O–H groups in total. The van der Waals surface area contributed by atoms with Crippen LogP contribution in [0.4, 0.5) is 19.0 Å². The molecule has 1 aromatic carbocycles. The van der Waals surface area contributed by atoms with E-state index in [0.717, 1.165) is 48.4 Å². The predicted molar refractivity (Wildman–Crippen MR) is 101 cm³/mol. The number of anilines is 1. The van der Waals surface area contributed by atoms with Crippen molar-refractivity contribution in [1.29, 1.82) is 0 Å². The van der Waals surface area contributed by atoms with E-state index >= 15 is 0 Å². The number of carbonyl (C=O) groups excluding carboxylic acids is 1. The Hall–Kier alpha value is -2.97. The van der Waals surface area contributed by atoms with Crippen molar-refractivity contribution >= 4 is 22.8 Å². The number of hydrogen-bond donors (Lipinski definition) is 2. The number of nitrogens with one attached hydrogen (secondary N) is 2. The molecule has 29 heavy (non-hydrogen) atoms. The van der Waals surface area contributed by atoms with E-state index in [1.165, 1.54) is 12.1 Å². The monoisotopic (exact) mass is 403 g/mol. The number of halogens is 3. The van der Waals surface area contributed by atoms with Crippen molar-refractivity contribution in [3.8, 4) is 0 Å². The van der Waals surface area contributed by atoms with Crippen LogP contribution in [-0.2, 0) is 17.4 Å². The highest BCUT2D eigenvalue weighted by Gasteiger charge is 2.53. The van der Waals surface area contributed by atoms with E-state index in [1.807, 2.05) is 17.2 Å². The molecular weight excluding hydrogens is 383 g/mol. The maximum Gasteiger partial charge on any atom is 0.416 e. The van der Waals surface area contributed by atoms with Gasteiger partial charge in [-0.1, -0.05) is 12.1 Å². The van der Waals surface area contributed by atoms with Crippen molar-refractivity contribution < 1.29 is 18.0 Å². The molecule has 9 heteroatoms. The third-order valence-electron chi connectivity index (χ3n) is 5.98. The molecule has 3 heterocycles. The Bertz CT molecular complexity index is 1050. The Labute approximate surface area is 164 Å². The van der Waals surface area contributed by atoms with E-state index in [4.69, 9.17) is 0 Å². The summed E-state index contributed by atoms with van der Waals surface area (Å²) in [4.78, 5) is 20.2. The van der Waals surface area contributed by atoms with Gasteiger partial charge in [0.25, 0.3) is 0 Å². The number of piperazine rings is 1. The van der Waals surface area contributed by atoms with E-state index in [-0.39, 0.29) is 17.9 Å². The van der Waals surface area contributed by atoms with Gasteiger partial charge in [-0.3, -0.25) is 9.89 Å². The van der Waals surface area contributed by atoms with Crippen LogP contribution >= 0.6 is 0 Å². The van der Waals surface area contributed by atoms with Crippen LogP contribution in [0, 0.1) is 0 Å². The molecule has 3 aromatic rings. The molecule has 0 atom stereocenters. The number of amides is 1. The lowest BCUT2D eigenvalue weighted by Crippen LogP contribution is -2.57. The number of H-pyrrole nitrogens is 2. The SMILES string of the molecule is O=C(Cc1ccc(C(F)(F)F)cc1)N1CCN(c2n[nH]c3[nH]ccc23)CC12CC2. The van der Waals surface area contributed by atoms with E-state index in [9.17, 15) is 18.0 Å². The summed E-state index contributed by atoms with van der Waals surface area (Å²) in [6.07, 6.45) is -0.520. The van der Waals surface area contributed by atoms with Crippen LogP contribution in [0.3, 0.4) is 0 Å². The van der Waals surface area contributed by atoms with Crippen molar-refractivity contribution in [2.45, 2.75) is 31.0 Å². The second kappa shape index (κ2) is 6.27. The first-order chi connectivity index (χ1) is 13.9. The Morgan fingerprint density at radius 3 is 2.59 bits per heavy atom. The number of aromatic amines is 2. The lowest BCUT2D eigenvalue weighted by Gasteiger charge is -2.42. The number of fused-ring (bicyclic) bond motifs is 1. The minimum atomic E-state index is -4.37. The fraction of sp³-hybridized carbons (Fsp3) is 0.400. The molecule has 0 unspecified atom stereocenters. The molecule has 0 radical (unpaired) electrons. The normalized spacial score (nSPS) is 18.6. The number of carbonyl (C=O) groups is 1. The van der Waals surface area contributed by atoms with E-state index < -0.39 is 11.7 Å². The van der Waals surface area contributed by atoms with Crippen LogP contribution in [-0.4, -0.2) is 51.2 Å². The minimum Gasteiger partial charge on any atom is -0.350 e. The van der Waals surface area contributed by atoms with Crippen LogP contribution in [0.2, 0.25) is 0 Å². The van der Waals surface area contributed by atoms with Crippen LogP contribution < -0.4 is 4.90 Å². The molecule has 1 saturated carbocycles. The van der Waals surface area contributed by atoms with Crippen LogP contribution in [0.5, 0.6) is 0 Å². The summed E-state index contributed by atoms with van der Waals surface area (Å²) < 4.78 is 38.2. The molecular formula is C20H20F3N5O. The molecule has 2 fully saturated rings. The summed E-state index contributed by atoms with van der Waals surface area (Å²) in [7, 11) is 0. The van der Waals surface area contributed by atoms with Gasteiger partial charge < -0.3 is 14.8 Å². The Morgan fingerprint density at radius 1 is 1.14 bits per heavy atom. The standard InChI is InChI=1S/C20H20F3N5O/c21-20(22,23)14-3-1-13(2-4-14)11-16(29)28-10-9-27(12-19(28)6-7-19)18-15-5-8-24-17(15)25-26-18/h1-5,8H,6-7,9-12H2,(H2,24,25,26). The highest BCUT2D eigenvalue weighted by molar-refractivity contribution is 5.88. The number of rotatable bonds is 3. The van der Waals surface area contributed by atoms with E-state index in [1.54, 1.807) is 0 Å². The fourth-order valence-corrected chi connectivity index (χ4v) is 4.26. The predicted octanol–water partition coefficient (Wildman–Crippen LogP) is 3.33. The zero-order valence-corrected chi connectivity index (χ0v) is 15.6. The van der Waals surface area contributed by atoms with Gasteiger partial charge in [0.15, 0.2) is 5.82 Å². The summed E-state index contributed by atoms with van der Waals surface area (Å²) >= 11 is 0. The first-order valence-electron chi connectivity index (χ1n) is 9.59. The molecule has 1 saturated heterocycles. The maximum atomic E-state index is 12.9. The van der Waals surface area contributed by atoms with Gasteiger partial charge in [0.2, 0.25) is 5.91 Å². The lowest BCUT2D eigenvalue weighted by atomic mass is 10.0.